The molecule has 3 heteroatoms. The lowest BCUT2D eigenvalue weighted by molar-refractivity contribution is 0.0944. The summed E-state index contributed by atoms with van der Waals surface area (Å²) in [5.41, 5.74) is 2.12. The Hall–Kier alpha value is -1.77. The van der Waals surface area contributed by atoms with Gasteiger partial charge in [-0.25, -0.2) is 0 Å². The molecule has 0 unspecified atom stereocenters. The SMILES string of the molecule is CC1(C)C(NC(=O)c2ccc3[nH]ccc3c2)C1(C)C. The fourth-order valence-electron chi connectivity index (χ4n) is 2.97. The molecule has 0 radical (unpaired) electrons. The highest BCUT2D eigenvalue weighted by Crippen LogP contribution is 2.62. The van der Waals surface area contributed by atoms with Crippen molar-refractivity contribution in [3.8, 4) is 0 Å². The number of carbonyl (C=O) groups excluding carboxylic acids is 1. The summed E-state index contributed by atoms with van der Waals surface area (Å²) in [5.74, 6) is 0.0201. The van der Waals surface area contributed by atoms with Crippen LogP contribution in [0.15, 0.2) is 30.5 Å². The normalized spacial score (nSPS) is 20.4. The minimum absolute atomic E-state index is 0.0201. The maximum absolute atomic E-state index is 12.3. The minimum atomic E-state index is 0.0201. The van der Waals surface area contributed by atoms with Gasteiger partial charge in [-0.3, -0.25) is 4.79 Å². The lowest BCUT2D eigenvalue weighted by Gasteiger charge is -2.07. The molecule has 0 bridgehead atoms. The second kappa shape index (κ2) is 3.62. The lowest BCUT2D eigenvalue weighted by atomic mass is 10.0. The summed E-state index contributed by atoms with van der Waals surface area (Å²) >= 11 is 0. The van der Waals surface area contributed by atoms with Crippen LogP contribution in [0, 0.1) is 10.8 Å². The smallest absolute Gasteiger partial charge is 0.251 e. The lowest BCUT2D eigenvalue weighted by Crippen LogP contribution is -2.29. The predicted octanol–water partition coefficient (Wildman–Crippen LogP) is 3.33. The summed E-state index contributed by atoms with van der Waals surface area (Å²) in [6.07, 6.45) is 1.89. The van der Waals surface area contributed by atoms with Crippen LogP contribution in [0.3, 0.4) is 0 Å². The van der Waals surface area contributed by atoms with Gasteiger partial charge in [0.2, 0.25) is 0 Å². The fourth-order valence-corrected chi connectivity index (χ4v) is 2.97. The van der Waals surface area contributed by atoms with Gasteiger partial charge in [-0.1, -0.05) is 27.7 Å². The Labute approximate surface area is 113 Å². The van der Waals surface area contributed by atoms with Gasteiger partial charge in [-0.05, 0) is 35.1 Å². The van der Waals surface area contributed by atoms with Crippen LogP contribution in [0.1, 0.15) is 38.1 Å². The van der Waals surface area contributed by atoms with Crippen molar-refractivity contribution in [2.45, 2.75) is 33.7 Å². The molecule has 1 saturated carbocycles. The second-order valence-electron chi connectivity index (χ2n) is 6.63. The molecule has 1 aliphatic carbocycles. The van der Waals surface area contributed by atoms with E-state index in [9.17, 15) is 4.79 Å². The Morgan fingerprint density at radius 2 is 1.84 bits per heavy atom. The number of carbonyl (C=O) groups is 1. The molecule has 1 fully saturated rings. The predicted molar refractivity (Wildman–Crippen MR) is 77.1 cm³/mol. The molecule has 1 amide bonds. The number of amides is 1. The van der Waals surface area contributed by atoms with E-state index in [1.807, 2.05) is 30.5 Å². The monoisotopic (exact) mass is 256 g/mol. The Balaban J connectivity index is 1.81. The minimum Gasteiger partial charge on any atom is -0.361 e. The van der Waals surface area contributed by atoms with Crippen molar-refractivity contribution in [3.63, 3.8) is 0 Å². The van der Waals surface area contributed by atoms with Crippen molar-refractivity contribution in [1.29, 1.82) is 0 Å². The third-order valence-electron chi connectivity index (χ3n) is 5.11. The quantitative estimate of drug-likeness (QED) is 0.850. The summed E-state index contributed by atoms with van der Waals surface area (Å²) < 4.78 is 0. The van der Waals surface area contributed by atoms with Crippen LogP contribution in [-0.2, 0) is 0 Å². The van der Waals surface area contributed by atoms with Crippen molar-refractivity contribution in [2.24, 2.45) is 10.8 Å². The molecule has 0 atom stereocenters. The van der Waals surface area contributed by atoms with Crippen molar-refractivity contribution in [2.75, 3.05) is 0 Å². The standard InChI is InChI=1S/C16H20N2O/c1-15(2)14(16(15,3)4)18-13(19)11-5-6-12-10(9-11)7-8-17-12/h5-9,14,17H,1-4H3,(H,18,19). The summed E-state index contributed by atoms with van der Waals surface area (Å²) in [5, 5.41) is 4.23. The van der Waals surface area contributed by atoms with E-state index in [1.165, 1.54) is 0 Å². The molecule has 3 nitrogen and oxygen atoms in total. The Morgan fingerprint density at radius 3 is 2.47 bits per heavy atom. The van der Waals surface area contributed by atoms with E-state index >= 15 is 0 Å². The van der Waals surface area contributed by atoms with Crippen LogP contribution < -0.4 is 5.32 Å². The Bertz CT molecular complexity index is 638. The van der Waals surface area contributed by atoms with Gasteiger partial charge in [0.1, 0.15) is 0 Å². The number of aromatic amines is 1. The number of nitrogens with one attached hydrogen (secondary N) is 2. The second-order valence-corrected chi connectivity index (χ2v) is 6.63. The van der Waals surface area contributed by atoms with E-state index in [1.54, 1.807) is 0 Å². The number of benzene rings is 1. The largest absolute Gasteiger partial charge is 0.361 e. The zero-order valence-corrected chi connectivity index (χ0v) is 11.9. The molecule has 1 aliphatic rings. The number of hydrogen-bond donors (Lipinski definition) is 2. The van der Waals surface area contributed by atoms with Crippen LogP contribution in [0.5, 0.6) is 0 Å². The highest BCUT2D eigenvalue weighted by molar-refractivity contribution is 5.98. The fraction of sp³-hybridized carbons (Fsp3) is 0.438. The molecule has 0 aliphatic heterocycles. The van der Waals surface area contributed by atoms with Gasteiger partial charge >= 0.3 is 0 Å². The first kappa shape index (κ1) is 12.3. The topological polar surface area (TPSA) is 44.9 Å². The molecule has 0 spiro atoms. The van der Waals surface area contributed by atoms with Crippen LogP contribution in [-0.4, -0.2) is 16.9 Å². The van der Waals surface area contributed by atoms with Crippen LogP contribution in [0.4, 0.5) is 0 Å². The van der Waals surface area contributed by atoms with E-state index in [2.05, 4.69) is 38.0 Å². The first-order valence-electron chi connectivity index (χ1n) is 6.72. The molecule has 2 N–H and O–H groups in total. The third-order valence-corrected chi connectivity index (χ3v) is 5.11. The Morgan fingerprint density at radius 1 is 1.16 bits per heavy atom. The van der Waals surface area contributed by atoms with Crippen LogP contribution >= 0.6 is 0 Å². The maximum atomic E-state index is 12.3. The van der Waals surface area contributed by atoms with Crippen molar-refractivity contribution in [1.82, 2.24) is 10.3 Å². The van der Waals surface area contributed by atoms with Crippen molar-refractivity contribution in [3.05, 3.63) is 36.0 Å². The Kier molecular flexibility index (Phi) is 2.34. The highest BCUT2D eigenvalue weighted by atomic mass is 16.1. The third kappa shape index (κ3) is 1.68. The van der Waals surface area contributed by atoms with Crippen LogP contribution in [0.25, 0.3) is 10.9 Å². The zero-order valence-electron chi connectivity index (χ0n) is 11.9. The van der Waals surface area contributed by atoms with Gasteiger partial charge in [0, 0.05) is 28.7 Å². The first-order valence-corrected chi connectivity index (χ1v) is 6.72. The van der Waals surface area contributed by atoms with Gasteiger partial charge in [0.15, 0.2) is 0 Å². The molecule has 0 saturated heterocycles. The van der Waals surface area contributed by atoms with Crippen molar-refractivity contribution < 1.29 is 4.79 Å². The number of H-pyrrole nitrogens is 1. The molecule has 1 heterocycles. The van der Waals surface area contributed by atoms with Crippen LogP contribution in [0.2, 0.25) is 0 Å². The zero-order chi connectivity index (χ0) is 13.8. The van der Waals surface area contributed by atoms with Gasteiger partial charge in [0.25, 0.3) is 5.91 Å². The van der Waals surface area contributed by atoms with E-state index in [0.29, 0.717) is 0 Å². The number of hydrogen-bond acceptors (Lipinski definition) is 1. The molecule has 2 aromatic rings. The molecule has 1 aromatic heterocycles. The molecular formula is C16H20N2O. The van der Waals surface area contributed by atoms with Gasteiger partial charge in [-0.2, -0.15) is 0 Å². The molecular weight excluding hydrogens is 236 g/mol. The van der Waals surface area contributed by atoms with E-state index < -0.39 is 0 Å². The number of aromatic nitrogens is 1. The van der Waals surface area contributed by atoms with E-state index in [4.69, 9.17) is 0 Å². The average Bonchev–Trinajstić information content (AvgIpc) is 2.76. The summed E-state index contributed by atoms with van der Waals surface area (Å²) in [6, 6.07) is 7.99. The van der Waals surface area contributed by atoms with Crippen molar-refractivity contribution >= 4 is 16.8 Å². The van der Waals surface area contributed by atoms with Gasteiger partial charge in [0.05, 0.1) is 0 Å². The average molecular weight is 256 g/mol. The molecule has 1 aromatic carbocycles. The highest BCUT2D eigenvalue weighted by Gasteiger charge is 2.65. The van der Waals surface area contributed by atoms with Gasteiger partial charge < -0.3 is 10.3 Å². The molecule has 19 heavy (non-hydrogen) atoms. The van der Waals surface area contributed by atoms with E-state index in [0.717, 1.165) is 16.5 Å². The number of rotatable bonds is 2. The van der Waals surface area contributed by atoms with Gasteiger partial charge in [-0.15, -0.1) is 0 Å². The summed E-state index contributed by atoms with van der Waals surface area (Å²) in [4.78, 5) is 15.4. The number of fused-ring (bicyclic) bond motifs is 1. The molecule has 100 valence electrons. The maximum Gasteiger partial charge on any atom is 0.251 e. The molecule has 3 rings (SSSR count). The summed E-state index contributed by atoms with van der Waals surface area (Å²) in [7, 11) is 0. The first-order chi connectivity index (χ1) is 8.84. The summed E-state index contributed by atoms with van der Waals surface area (Å²) in [6.45, 7) is 8.81. The van der Waals surface area contributed by atoms with E-state index in [-0.39, 0.29) is 22.8 Å².